The summed E-state index contributed by atoms with van der Waals surface area (Å²) >= 11 is 0. The fraction of sp³-hybridized carbons (Fsp3) is 0.182. The number of rotatable bonds is 5. The first-order chi connectivity index (χ1) is 12.0. The summed E-state index contributed by atoms with van der Waals surface area (Å²) in [6.45, 7) is 3.34. The molecule has 3 rings (SSSR count). The van der Waals surface area contributed by atoms with E-state index in [1.807, 2.05) is 66.7 Å². The van der Waals surface area contributed by atoms with Gasteiger partial charge in [0.05, 0.1) is 5.41 Å². The number of ketones is 1. The molecule has 0 aliphatic carbocycles. The molecule has 3 nitrogen and oxygen atoms in total. The number of benzene rings is 3. The molecule has 0 bridgehead atoms. The highest BCUT2D eigenvalue weighted by molar-refractivity contribution is 6.01. The molecule has 0 aliphatic rings. The van der Waals surface area contributed by atoms with E-state index in [9.17, 15) is 9.59 Å². The minimum atomic E-state index is -0.801. The number of carbonyl (C=O) groups excluding carboxylic acids is 2. The molecule has 0 fully saturated rings. The zero-order valence-corrected chi connectivity index (χ0v) is 14.4. The lowest BCUT2D eigenvalue weighted by molar-refractivity contribution is -0.148. The van der Waals surface area contributed by atoms with Crippen LogP contribution < -0.4 is 0 Å². The SMILES string of the molecule is CC(C)(C(=O)OCC(=O)c1ccc2ccccc2c1)c1ccccc1. The van der Waals surface area contributed by atoms with Gasteiger partial charge in [-0.1, -0.05) is 66.7 Å². The number of carbonyl (C=O) groups is 2. The highest BCUT2D eigenvalue weighted by atomic mass is 16.5. The van der Waals surface area contributed by atoms with E-state index in [2.05, 4.69) is 0 Å². The number of fused-ring (bicyclic) bond motifs is 1. The number of esters is 1. The first-order valence-corrected chi connectivity index (χ1v) is 8.23. The zero-order chi connectivity index (χ0) is 17.9. The van der Waals surface area contributed by atoms with Crippen molar-refractivity contribution >= 4 is 22.5 Å². The van der Waals surface area contributed by atoms with Gasteiger partial charge >= 0.3 is 5.97 Å². The highest BCUT2D eigenvalue weighted by Crippen LogP contribution is 2.24. The minimum Gasteiger partial charge on any atom is -0.457 e. The van der Waals surface area contributed by atoms with Crippen molar-refractivity contribution < 1.29 is 14.3 Å². The van der Waals surface area contributed by atoms with Gasteiger partial charge in [0.15, 0.2) is 12.4 Å². The second-order valence-corrected chi connectivity index (χ2v) is 6.55. The van der Waals surface area contributed by atoms with Crippen molar-refractivity contribution in [3.63, 3.8) is 0 Å². The third-order valence-corrected chi connectivity index (χ3v) is 4.41. The average Bonchev–Trinajstić information content (AvgIpc) is 2.66. The second kappa shape index (κ2) is 6.89. The van der Waals surface area contributed by atoms with Crippen molar-refractivity contribution in [1.29, 1.82) is 0 Å². The van der Waals surface area contributed by atoms with Gasteiger partial charge in [-0.05, 0) is 36.2 Å². The van der Waals surface area contributed by atoms with E-state index in [-0.39, 0.29) is 12.4 Å². The molecule has 126 valence electrons. The van der Waals surface area contributed by atoms with Gasteiger partial charge in [-0.3, -0.25) is 9.59 Å². The van der Waals surface area contributed by atoms with E-state index in [1.165, 1.54) is 0 Å². The summed E-state index contributed by atoms with van der Waals surface area (Å²) < 4.78 is 5.30. The largest absolute Gasteiger partial charge is 0.457 e. The Morgan fingerprint density at radius 1 is 0.840 bits per heavy atom. The van der Waals surface area contributed by atoms with Crippen LogP contribution in [0.5, 0.6) is 0 Å². The smallest absolute Gasteiger partial charge is 0.316 e. The summed E-state index contributed by atoms with van der Waals surface area (Å²) in [5.74, 6) is -0.615. The van der Waals surface area contributed by atoms with Crippen LogP contribution in [0.4, 0.5) is 0 Å². The Bertz CT molecular complexity index is 911. The molecule has 3 aromatic carbocycles. The maximum absolute atomic E-state index is 12.4. The molecule has 0 saturated carbocycles. The van der Waals surface area contributed by atoms with Crippen LogP contribution in [-0.2, 0) is 14.9 Å². The minimum absolute atomic E-state index is 0.206. The average molecular weight is 332 g/mol. The molecule has 0 amide bonds. The molecule has 0 atom stereocenters. The number of Topliss-reactive ketones (excluding diaryl/α,β-unsaturated/α-hetero) is 1. The van der Waals surface area contributed by atoms with E-state index < -0.39 is 11.4 Å². The molecule has 0 radical (unpaired) electrons. The standard InChI is InChI=1S/C22H20O3/c1-22(2,19-10-4-3-5-11-19)21(24)25-15-20(23)18-13-12-16-8-6-7-9-17(16)14-18/h3-14H,15H2,1-2H3. The van der Waals surface area contributed by atoms with E-state index in [1.54, 1.807) is 19.9 Å². The van der Waals surface area contributed by atoms with Crippen LogP contribution in [0.15, 0.2) is 72.8 Å². The Balaban J connectivity index is 1.69. The summed E-state index contributed by atoms with van der Waals surface area (Å²) in [6, 6.07) is 22.7. The number of hydrogen-bond acceptors (Lipinski definition) is 3. The van der Waals surface area contributed by atoms with Gasteiger partial charge < -0.3 is 4.74 Å². The predicted molar refractivity (Wildman–Crippen MR) is 98.7 cm³/mol. The summed E-state index contributed by atoms with van der Waals surface area (Å²) in [4.78, 5) is 24.8. The van der Waals surface area contributed by atoms with Crippen LogP contribution in [0, 0.1) is 0 Å². The van der Waals surface area contributed by atoms with Crippen molar-refractivity contribution in [2.75, 3.05) is 6.61 Å². The molecule has 0 unspecified atom stereocenters. The normalized spacial score (nSPS) is 11.3. The Kier molecular flexibility index (Phi) is 4.66. The van der Waals surface area contributed by atoms with Crippen LogP contribution in [0.25, 0.3) is 10.8 Å². The van der Waals surface area contributed by atoms with Gasteiger partial charge in [-0.15, -0.1) is 0 Å². The van der Waals surface area contributed by atoms with Gasteiger partial charge in [0.1, 0.15) is 0 Å². The zero-order valence-electron chi connectivity index (χ0n) is 14.4. The molecular formula is C22H20O3. The van der Waals surface area contributed by atoms with E-state index >= 15 is 0 Å². The number of hydrogen-bond donors (Lipinski definition) is 0. The molecule has 0 aliphatic heterocycles. The van der Waals surface area contributed by atoms with Crippen LogP contribution in [0.2, 0.25) is 0 Å². The van der Waals surface area contributed by atoms with Crippen molar-refractivity contribution in [1.82, 2.24) is 0 Å². The molecule has 0 heterocycles. The molecule has 0 saturated heterocycles. The fourth-order valence-electron chi connectivity index (χ4n) is 2.73. The first kappa shape index (κ1) is 16.9. The summed E-state index contributed by atoms with van der Waals surface area (Å²) in [6.07, 6.45) is 0. The van der Waals surface area contributed by atoms with Gasteiger partial charge in [-0.25, -0.2) is 0 Å². The molecule has 3 aromatic rings. The molecule has 0 spiro atoms. The maximum Gasteiger partial charge on any atom is 0.316 e. The third kappa shape index (κ3) is 3.61. The number of ether oxygens (including phenoxy) is 1. The first-order valence-electron chi connectivity index (χ1n) is 8.23. The van der Waals surface area contributed by atoms with E-state index in [0.29, 0.717) is 5.56 Å². The van der Waals surface area contributed by atoms with Crippen LogP contribution in [0.3, 0.4) is 0 Å². The Hall–Kier alpha value is -2.94. The quantitative estimate of drug-likeness (QED) is 0.509. The summed E-state index contributed by atoms with van der Waals surface area (Å²) in [7, 11) is 0. The lowest BCUT2D eigenvalue weighted by atomic mass is 9.85. The van der Waals surface area contributed by atoms with Gasteiger partial charge in [0.25, 0.3) is 0 Å². The van der Waals surface area contributed by atoms with Crippen LogP contribution in [-0.4, -0.2) is 18.4 Å². The Labute approximate surface area is 147 Å². The van der Waals surface area contributed by atoms with Crippen molar-refractivity contribution in [2.24, 2.45) is 0 Å². The summed E-state index contributed by atoms with van der Waals surface area (Å²) in [5.41, 5.74) is 0.604. The van der Waals surface area contributed by atoms with Gasteiger partial charge in [0, 0.05) is 5.56 Å². The lowest BCUT2D eigenvalue weighted by Crippen LogP contribution is -2.32. The molecule has 25 heavy (non-hydrogen) atoms. The Morgan fingerprint density at radius 3 is 2.20 bits per heavy atom. The predicted octanol–water partition coefficient (Wildman–Crippen LogP) is 4.54. The van der Waals surface area contributed by atoms with Crippen LogP contribution >= 0.6 is 0 Å². The fourth-order valence-corrected chi connectivity index (χ4v) is 2.73. The lowest BCUT2D eigenvalue weighted by Gasteiger charge is -2.22. The van der Waals surface area contributed by atoms with E-state index in [4.69, 9.17) is 4.74 Å². The molecule has 3 heteroatoms. The van der Waals surface area contributed by atoms with Crippen molar-refractivity contribution in [3.05, 3.63) is 83.9 Å². The topological polar surface area (TPSA) is 43.4 Å². The molecule has 0 N–H and O–H groups in total. The Morgan fingerprint density at radius 2 is 1.48 bits per heavy atom. The highest BCUT2D eigenvalue weighted by Gasteiger charge is 2.31. The van der Waals surface area contributed by atoms with Crippen LogP contribution in [0.1, 0.15) is 29.8 Å². The van der Waals surface area contributed by atoms with Crippen molar-refractivity contribution in [3.8, 4) is 0 Å². The molecular weight excluding hydrogens is 312 g/mol. The molecule has 0 aromatic heterocycles. The maximum atomic E-state index is 12.4. The second-order valence-electron chi connectivity index (χ2n) is 6.55. The summed E-state index contributed by atoms with van der Waals surface area (Å²) in [5, 5.41) is 2.06. The van der Waals surface area contributed by atoms with E-state index in [0.717, 1.165) is 16.3 Å². The van der Waals surface area contributed by atoms with Crippen molar-refractivity contribution in [2.45, 2.75) is 19.3 Å². The monoisotopic (exact) mass is 332 g/mol. The third-order valence-electron chi connectivity index (χ3n) is 4.41. The van der Waals surface area contributed by atoms with Gasteiger partial charge in [-0.2, -0.15) is 0 Å². The van der Waals surface area contributed by atoms with Gasteiger partial charge in [0.2, 0.25) is 0 Å².